The molecule has 1 aromatic heterocycles. The van der Waals surface area contributed by atoms with Gasteiger partial charge in [-0.1, -0.05) is 54.9 Å². The lowest BCUT2D eigenvalue weighted by Crippen LogP contribution is -2.33. The van der Waals surface area contributed by atoms with Crippen LogP contribution in [-0.2, 0) is 11.3 Å². The molecule has 0 aliphatic carbocycles. The summed E-state index contributed by atoms with van der Waals surface area (Å²) >= 11 is 10.7. The smallest absolute Gasteiger partial charge is 0.251 e. The third-order valence-electron chi connectivity index (χ3n) is 5.14. The molecular weight excluding hydrogens is 538 g/mol. The van der Waals surface area contributed by atoms with Crippen molar-refractivity contribution in [3.63, 3.8) is 0 Å². The maximum atomic E-state index is 12.8. The van der Waals surface area contributed by atoms with Gasteiger partial charge in [0.25, 0.3) is 5.91 Å². The molecule has 0 saturated heterocycles. The van der Waals surface area contributed by atoms with E-state index in [1.54, 1.807) is 18.2 Å². The molecule has 0 unspecified atom stereocenters. The number of amides is 2. The van der Waals surface area contributed by atoms with Crippen LogP contribution in [0.4, 0.5) is 5.69 Å². The summed E-state index contributed by atoms with van der Waals surface area (Å²) in [5.74, 6) is 0.580. The van der Waals surface area contributed by atoms with Gasteiger partial charge in [-0.3, -0.25) is 9.59 Å². The number of anilines is 1. The lowest BCUT2D eigenvalue weighted by Gasteiger charge is -2.22. The van der Waals surface area contributed by atoms with Crippen molar-refractivity contribution in [1.82, 2.24) is 20.1 Å². The molecule has 1 heterocycles. The maximum Gasteiger partial charge on any atom is 0.251 e. The monoisotopic (exact) mass is 563 g/mol. The van der Waals surface area contributed by atoms with Crippen molar-refractivity contribution in [2.45, 2.75) is 45.4 Å². The molecule has 180 valence electrons. The Kier molecular flexibility index (Phi) is 9.16. The number of hydrogen-bond donors (Lipinski definition) is 2. The molecule has 0 fully saturated rings. The van der Waals surface area contributed by atoms with Crippen LogP contribution >= 0.6 is 39.3 Å². The minimum absolute atomic E-state index is 0.0900. The van der Waals surface area contributed by atoms with E-state index < -0.39 is 0 Å². The second-order valence-corrected chi connectivity index (χ2v) is 10.3. The number of halogens is 2. The van der Waals surface area contributed by atoms with Gasteiger partial charge in [0.1, 0.15) is 0 Å². The van der Waals surface area contributed by atoms with Crippen LogP contribution in [0.15, 0.2) is 52.1 Å². The van der Waals surface area contributed by atoms with Crippen LogP contribution in [0.3, 0.4) is 0 Å². The van der Waals surface area contributed by atoms with E-state index in [9.17, 15) is 9.59 Å². The standard InChI is InChI=1S/C24H27BrClN5O2S/c1-5-31-22(21(14(2)3)28-23(33)16-8-6-15(4)7-9-16)29-30-24(31)34-13-20(32)27-17-10-11-18(25)19(26)12-17/h6-12,14,21H,5,13H2,1-4H3,(H,27,32)(H,28,33)/t21-/m0/s1. The first kappa shape index (κ1) is 26.2. The Balaban J connectivity index is 1.70. The van der Waals surface area contributed by atoms with Crippen molar-refractivity contribution < 1.29 is 9.59 Å². The molecule has 7 nitrogen and oxygen atoms in total. The summed E-state index contributed by atoms with van der Waals surface area (Å²) in [5.41, 5.74) is 2.31. The van der Waals surface area contributed by atoms with Crippen LogP contribution in [0.2, 0.25) is 5.02 Å². The molecule has 1 atom stereocenters. The molecule has 2 N–H and O–H groups in total. The first-order chi connectivity index (χ1) is 16.2. The predicted octanol–water partition coefficient (Wildman–Crippen LogP) is 5.88. The Morgan fingerprint density at radius 1 is 1.15 bits per heavy atom. The molecule has 0 spiro atoms. The molecule has 10 heteroatoms. The second kappa shape index (κ2) is 11.9. The molecule has 0 bridgehead atoms. The quantitative estimate of drug-likeness (QED) is 0.317. The third kappa shape index (κ3) is 6.61. The number of hydrogen-bond acceptors (Lipinski definition) is 5. The molecule has 0 radical (unpaired) electrons. The Hall–Kier alpha value is -2.36. The van der Waals surface area contributed by atoms with Crippen LogP contribution in [0.1, 0.15) is 48.6 Å². The fraction of sp³-hybridized carbons (Fsp3) is 0.333. The number of nitrogens with zero attached hydrogens (tertiary/aromatic N) is 3. The van der Waals surface area contributed by atoms with Crippen LogP contribution in [0, 0.1) is 12.8 Å². The number of thioether (sulfide) groups is 1. The number of carbonyl (C=O) groups excluding carboxylic acids is 2. The number of nitrogens with one attached hydrogen (secondary N) is 2. The predicted molar refractivity (Wildman–Crippen MR) is 140 cm³/mol. The molecule has 0 aliphatic heterocycles. The van der Waals surface area contributed by atoms with Gasteiger partial charge in [-0.05, 0) is 66.0 Å². The Morgan fingerprint density at radius 2 is 1.85 bits per heavy atom. The van der Waals surface area contributed by atoms with E-state index in [1.165, 1.54) is 11.8 Å². The zero-order valence-corrected chi connectivity index (χ0v) is 22.6. The first-order valence-electron chi connectivity index (χ1n) is 10.9. The summed E-state index contributed by atoms with van der Waals surface area (Å²) in [7, 11) is 0. The van der Waals surface area contributed by atoms with E-state index in [1.807, 2.05) is 56.5 Å². The minimum atomic E-state index is -0.325. The molecule has 0 aliphatic rings. The molecule has 2 amide bonds. The van der Waals surface area contributed by atoms with Gasteiger partial charge in [-0.2, -0.15) is 0 Å². The van der Waals surface area contributed by atoms with Crippen LogP contribution in [0.25, 0.3) is 0 Å². The van der Waals surface area contributed by atoms with Gasteiger partial charge in [0.2, 0.25) is 5.91 Å². The molecule has 3 rings (SSSR count). The number of rotatable bonds is 9. The van der Waals surface area contributed by atoms with Crippen LogP contribution < -0.4 is 10.6 Å². The van der Waals surface area contributed by atoms with Crippen molar-refractivity contribution >= 4 is 56.8 Å². The topological polar surface area (TPSA) is 88.9 Å². The normalized spacial score (nSPS) is 12.0. The SMILES string of the molecule is CCn1c(SCC(=O)Nc2ccc(Br)c(Cl)c2)nnc1[C@@H](NC(=O)c1ccc(C)cc1)C(C)C. The van der Waals surface area contributed by atoms with Gasteiger partial charge >= 0.3 is 0 Å². The van der Waals surface area contributed by atoms with Crippen molar-refractivity contribution in [2.75, 3.05) is 11.1 Å². The van der Waals surface area contributed by atoms with Gasteiger partial charge in [0.05, 0.1) is 16.8 Å². The maximum absolute atomic E-state index is 12.8. The Labute approximate surface area is 217 Å². The fourth-order valence-electron chi connectivity index (χ4n) is 3.29. The largest absolute Gasteiger partial charge is 0.342 e. The molecule has 0 saturated carbocycles. The Morgan fingerprint density at radius 3 is 2.47 bits per heavy atom. The van der Waals surface area contributed by atoms with Crippen molar-refractivity contribution in [2.24, 2.45) is 5.92 Å². The van der Waals surface area contributed by atoms with Gasteiger partial charge in [-0.15, -0.1) is 10.2 Å². The summed E-state index contributed by atoms with van der Waals surface area (Å²) in [5, 5.41) is 15.8. The van der Waals surface area contributed by atoms with Gasteiger partial charge in [0, 0.05) is 22.3 Å². The number of carbonyl (C=O) groups is 2. The number of benzene rings is 2. The average molecular weight is 565 g/mol. The van der Waals surface area contributed by atoms with Crippen LogP contribution in [-0.4, -0.2) is 32.3 Å². The highest BCUT2D eigenvalue weighted by atomic mass is 79.9. The summed E-state index contributed by atoms with van der Waals surface area (Å²) in [6.07, 6.45) is 0. The van der Waals surface area contributed by atoms with Crippen molar-refractivity contribution in [3.8, 4) is 0 Å². The third-order valence-corrected chi connectivity index (χ3v) is 7.34. The van der Waals surface area contributed by atoms with Crippen molar-refractivity contribution in [3.05, 3.63) is 68.9 Å². The summed E-state index contributed by atoms with van der Waals surface area (Å²) in [4.78, 5) is 25.3. The van der Waals surface area contributed by atoms with E-state index in [0.717, 1.165) is 10.0 Å². The summed E-state index contributed by atoms with van der Waals surface area (Å²) in [6, 6.07) is 12.4. The highest BCUT2D eigenvalue weighted by molar-refractivity contribution is 9.10. The lowest BCUT2D eigenvalue weighted by molar-refractivity contribution is -0.113. The number of aromatic nitrogens is 3. The Bertz CT molecular complexity index is 1170. The van der Waals surface area contributed by atoms with Crippen LogP contribution in [0.5, 0.6) is 0 Å². The van der Waals surface area contributed by atoms with E-state index >= 15 is 0 Å². The molecular formula is C24H27BrClN5O2S. The number of aryl methyl sites for hydroxylation is 1. The average Bonchev–Trinajstić information content (AvgIpc) is 3.21. The highest BCUT2D eigenvalue weighted by Gasteiger charge is 2.26. The van der Waals surface area contributed by atoms with Gasteiger partial charge < -0.3 is 15.2 Å². The van der Waals surface area contributed by atoms with E-state index in [-0.39, 0.29) is 29.5 Å². The van der Waals surface area contributed by atoms with Gasteiger partial charge in [-0.25, -0.2) is 0 Å². The second-order valence-electron chi connectivity index (χ2n) is 8.11. The first-order valence-corrected chi connectivity index (χ1v) is 13.0. The lowest BCUT2D eigenvalue weighted by atomic mass is 10.0. The van der Waals surface area contributed by atoms with E-state index in [2.05, 4.69) is 36.8 Å². The van der Waals surface area contributed by atoms with E-state index in [4.69, 9.17) is 11.6 Å². The highest BCUT2D eigenvalue weighted by Crippen LogP contribution is 2.27. The minimum Gasteiger partial charge on any atom is -0.342 e. The molecule has 2 aromatic carbocycles. The molecule has 3 aromatic rings. The zero-order chi connectivity index (χ0) is 24.8. The van der Waals surface area contributed by atoms with Crippen molar-refractivity contribution in [1.29, 1.82) is 0 Å². The zero-order valence-electron chi connectivity index (χ0n) is 19.4. The van der Waals surface area contributed by atoms with Gasteiger partial charge in [0.15, 0.2) is 11.0 Å². The summed E-state index contributed by atoms with van der Waals surface area (Å²) in [6.45, 7) is 8.63. The van der Waals surface area contributed by atoms with E-state index in [0.29, 0.717) is 33.8 Å². The molecule has 34 heavy (non-hydrogen) atoms. The summed E-state index contributed by atoms with van der Waals surface area (Å²) < 4.78 is 2.70. The fourth-order valence-corrected chi connectivity index (χ4v) is 4.53.